The molecule has 1 aliphatic carbocycles. The number of hydrogen-bond donors (Lipinski definition) is 2. The summed E-state index contributed by atoms with van der Waals surface area (Å²) in [6.45, 7) is 0.881. The number of H-pyrrole nitrogens is 1. The fourth-order valence-electron chi connectivity index (χ4n) is 7.36. The molecule has 2 aromatic heterocycles. The van der Waals surface area contributed by atoms with Crippen LogP contribution in [-0.4, -0.2) is 21.5 Å². The molecule has 2 N–H and O–H groups in total. The second-order valence-electron chi connectivity index (χ2n) is 13.3. The summed E-state index contributed by atoms with van der Waals surface area (Å²) >= 11 is 0. The SMILES string of the molecule is N#Cc1c(-c2cc(C3C=CC=CC3)nc(-c3ccccc3)n2)cccc1-c1cccc(-c2cc(-c3ccccc3)cc(-c3ccc[nH]3)c2)c1C1CN1. The molecule has 1 saturated heterocycles. The molecular formula is C47H35N5. The van der Waals surface area contributed by atoms with Gasteiger partial charge in [0.25, 0.3) is 0 Å². The van der Waals surface area contributed by atoms with Crippen LogP contribution in [0.5, 0.6) is 0 Å². The van der Waals surface area contributed by atoms with Gasteiger partial charge in [0.1, 0.15) is 6.07 Å². The molecule has 248 valence electrons. The van der Waals surface area contributed by atoms with E-state index in [1.807, 2.05) is 48.7 Å². The first-order valence-electron chi connectivity index (χ1n) is 17.8. The van der Waals surface area contributed by atoms with Crippen LogP contribution >= 0.6 is 0 Å². The molecule has 0 spiro atoms. The summed E-state index contributed by atoms with van der Waals surface area (Å²) in [4.78, 5) is 13.6. The second kappa shape index (κ2) is 13.6. The van der Waals surface area contributed by atoms with E-state index in [2.05, 4.69) is 132 Å². The van der Waals surface area contributed by atoms with Gasteiger partial charge in [-0.25, -0.2) is 9.97 Å². The Morgan fingerprint density at radius 3 is 2.04 bits per heavy atom. The van der Waals surface area contributed by atoms with Crippen molar-refractivity contribution in [2.75, 3.05) is 6.54 Å². The predicted molar refractivity (Wildman–Crippen MR) is 210 cm³/mol. The van der Waals surface area contributed by atoms with Gasteiger partial charge < -0.3 is 10.3 Å². The molecule has 7 aromatic rings. The van der Waals surface area contributed by atoms with Crippen LogP contribution in [0.25, 0.3) is 67.3 Å². The van der Waals surface area contributed by atoms with Crippen LogP contribution in [0.15, 0.2) is 164 Å². The summed E-state index contributed by atoms with van der Waals surface area (Å²) in [6, 6.07) is 49.1. The number of hydrogen-bond acceptors (Lipinski definition) is 4. The molecule has 2 atom stereocenters. The Kier molecular flexibility index (Phi) is 8.21. The van der Waals surface area contributed by atoms with E-state index in [4.69, 9.17) is 9.97 Å². The third-order valence-electron chi connectivity index (χ3n) is 10.0. The van der Waals surface area contributed by atoms with Crippen LogP contribution < -0.4 is 5.32 Å². The van der Waals surface area contributed by atoms with Gasteiger partial charge in [-0.2, -0.15) is 5.26 Å². The number of allylic oxidation sites excluding steroid dienone is 4. The zero-order valence-corrected chi connectivity index (χ0v) is 28.5. The summed E-state index contributed by atoms with van der Waals surface area (Å²) in [5.41, 5.74) is 14.0. The van der Waals surface area contributed by atoms with Crippen LogP contribution in [0.1, 0.15) is 35.2 Å². The Labute approximate surface area is 303 Å². The van der Waals surface area contributed by atoms with Crippen molar-refractivity contribution in [2.24, 2.45) is 0 Å². The Morgan fingerprint density at radius 2 is 1.33 bits per heavy atom. The maximum absolute atomic E-state index is 10.9. The lowest BCUT2D eigenvalue weighted by atomic mass is 9.85. The van der Waals surface area contributed by atoms with Gasteiger partial charge in [0, 0.05) is 47.1 Å². The molecule has 52 heavy (non-hydrogen) atoms. The van der Waals surface area contributed by atoms with Crippen LogP contribution in [0.3, 0.4) is 0 Å². The average molecular weight is 670 g/mol. The van der Waals surface area contributed by atoms with Crippen LogP contribution in [-0.2, 0) is 0 Å². The number of aromatic nitrogens is 3. The molecule has 2 aliphatic rings. The van der Waals surface area contributed by atoms with Crippen molar-refractivity contribution in [1.29, 1.82) is 5.26 Å². The van der Waals surface area contributed by atoms with Crippen molar-refractivity contribution < 1.29 is 0 Å². The highest BCUT2D eigenvalue weighted by Crippen LogP contribution is 2.44. The highest BCUT2D eigenvalue weighted by Gasteiger charge is 2.30. The quantitative estimate of drug-likeness (QED) is 0.158. The number of nitrogens with zero attached hydrogens (tertiary/aromatic N) is 3. The monoisotopic (exact) mass is 669 g/mol. The maximum atomic E-state index is 10.9. The summed E-state index contributed by atoms with van der Waals surface area (Å²) in [5.74, 6) is 0.793. The molecule has 1 aliphatic heterocycles. The summed E-state index contributed by atoms with van der Waals surface area (Å²) in [7, 11) is 0. The number of rotatable bonds is 8. The summed E-state index contributed by atoms with van der Waals surface area (Å²) < 4.78 is 0. The maximum Gasteiger partial charge on any atom is 0.160 e. The van der Waals surface area contributed by atoms with Gasteiger partial charge in [0.2, 0.25) is 0 Å². The molecule has 0 radical (unpaired) electrons. The zero-order valence-electron chi connectivity index (χ0n) is 28.5. The molecular weight excluding hydrogens is 635 g/mol. The van der Waals surface area contributed by atoms with Crippen molar-refractivity contribution in [2.45, 2.75) is 18.4 Å². The number of aromatic amines is 1. The molecule has 1 fully saturated rings. The van der Waals surface area contributed by atoms with Crippen LogP contribution in [0.4, 0.5) is 0 Å². The van der Waals surface area contributed by atoms with E-state index in [9.17, 15) is 5.26 Å². The molecule has 0 saturated carbocycles. The lowest BCUT2D eigenvalue weighted by molar-refractivity contribution is 0.811. The van der Waals surface area contributed by atoms with Crippen LogP contribution in [0.2, 0.25) is 0 Å². The van der Waals surface area contributed by atoms with Crippen molar-refractivity contribution >= 4 is 0 Å². The molecule has 0 bridgehead atoms. The molecule has 5 aromatic carbocycles. The van der Waals surface area contributed by atoms with Gasteiger partial charge in [-0.15, -0.1) is 0 Å². The van der Waals surface area contributed by atoms with Gasteiger partial charge in [0.05, 0.1) is 17.0 Å². The van der Waals surface area contributed by atoms with Gasteiger partial charge in [0.15, 0.2) is 5.82 Å². The molecule has 5 heteroatoms. The van der Waals surface area contributed by atoms with E-state index in [0.717, 1.165) is 80.1 Å². The smallest absolute Gasteiger partial charge is 0.160 e. The van der Waals surface area contributed by atoms with Gasteiger partial charge in [-0.1, -0.05) is 121 Å². The molecule has 3 heterocycles. The number of nitriles is 1. The minimum Gasteiger partial charge on any atom is -0.361 e. The van der Waals surface area contributed by atoms with Crippen LogP contribution in [0, 0.1) is 11.3 Å². The Balaban J connectivity index is 1.21. The predicted octanol–water partition coefficient (Wildman–Crippen LogP) is 10.9. The number of nitrogens with one attached hydrogen (secondary N) is 2. The molecule has 5 nitrogen and oxygen atoms in total. The normalized spacial score (nSPS) is 16.1. The van der Waals surface area contributed by atoms with E-state index in [0.29, 0.717) is 11.4 Å². The Bertz CT molecular complexity index is 2500. The molecule has 9 rings (SSSR count). The highest BCUT2D eigenvalue weighted by atomic mass is 15.1. The first kappa shape index (κ1) is 31.4. The Morgan fingerprint density at radius 1 is 0.615 bits per heavy atom. The standard InChI is InChI=1S/C47H35N5/c48-29-41-38(20-11-21-39(41)44-28-43(32-15-6-2-7-16-32)51-47(52-44)33-17-8-3-9-18-33)40-22-10-19-37(46(40)45-30-50-45)35-25-34(31-13-4-1-5-14-31)26-36(27-35)42-23-12-24-49-42/h1-15,17-28,32,45,49-50H,16,30H2. The average Bonchev–Trinajstić information content (AvgIpc) is 3.92. The first-order valence-corrected chi connectivity index (χ1v) is 17.8. The number of benzene rings is 5. The van der Waals surface area contributed by atoms with E-state index in [1.54, 1.807) is 0 Å². The van der Waals surface area contributed by atoms with E-state index >= 15 is 0 Å². The van der Waals surface area contributed by atoms with Crippen molar-refractivity contribution in [3.63, 3.8) is 0 Å². The zero-order chi connectivity index (χ0) is 34.9. The second-order valence-corrected chi connectivity index (χ2v) is 13.3. The fraction of sp³-hybridized carbons (Fsp3) is 0.0851. The summed E-state index contributed by atoms with van der Waals surface area (Å²) in [5, 5.41) is 14.5. The lowest BCUT2D eigenvalue weighted by Crippen LogP contribution is -2.05. The van der Waals surface area contributed by atoms with Gasteiger partial charge in [-0.3, -0.25) is 0 Å². The minimum atomic E-state index is 0.134. The fourth-order valence-corrected chi connectivity index (χ4v) is 7.36. The molecule has 2 unspecified atom stereocenters. The van der Waals surface area contributed by atoms with E-state index in [1.165, 1.54) is 5.56 Å². The van der Waals surface area contributed by atoms with Crippen molar-refractivity contribution in [3.8, 4) is 73.4 Å². The summed E-state index contributed by atoms with van der Waals surface area (Å²) in [6.07, 6.45) is 11.4. The topological polar surface area (TPSA) is 87.3 Å². The minimum absolute atomic E-state index is 0.134. The lowest BCUT2D eigenvalue weighted by Gasteiger charge is -2.19. The third kappa shape index (κ3) is 6.06. The van der Waals surface area contributed by atoms with Gasteiger partial charge >= 0.3 is 0 Å². The molecule has 0 amide bonds. The largest absolute Gasteiger partial charge is 0.361 e. The Hall–Kier alpha value is -6.61. The van der Waals surface area contributed by atoms with Crippen molar-refractivity contribution in [3.05, 3.63) is 181 Å². The highest BCUT2D eigenvalue weighted by molar-refractivity contribution is 5.89. The van der Waals surface area contributed by atoms with Gasteiger partial charge in [-0.05, 0) is 81.8 Å². The first-order chi connectivity index (χ1) is 25.7. The van der Waals surface area contributed by atoms with E-state index < -0.39 is 0 Å². The van der Waals surface area contributed by atoms with E-state index in [-0.39, 0.29) is 12.0 Å². The van der Waals surface area contributed by atoms with Crippen molar-refractivity contribution in [1.82, 2.24) is 20.3 Å². The third-order valence-corrected chi connectivity index (χ3v) is 10.0.